The van der Waals surface area contributed by atoms with Crippen LogP contribution in [0.4, 0.5) is 5.69 Å². The van der Waals surface area contributed by atoms with E-state index >= 15 is 0 Å². The van der Waals surface area contributed by atoms with Crippen molar-refractivity contribution in [3.63, 3.8) is 0 Å². The fourth-order valence-corrected chi connectivity index (χ4v) is 3.10. The molecule has 2 aromatic carbocycles. The summed E-state index contributed by atoms with van der Waals surface area (Å²) >= 11 is 0. The predicted molar refractivity (Wildman–Crippen MR) is 99.4 cm³/mol. The number of ether oxygens (including phenoxy) is 1. The third-order valence-corrected chi connectivity index (χ3v) is 4.49. The Labute approximate surface area is 149 Å². The van der Waals surface area contributed by atoms with Crippen molar-refractivity contribution in [2.75, 3.05) is 44.2 Å². The number of aliphatic hydroxyl groups excluding tert-OH is 1. The minimum absolute atomic E-state index is 0.208. The first-order chi connectivity index (χ1) is 12.1. The van der Waals surface area contributed by atoms with E-state index in [-0.39, 0.29) is 12.4 Å². The molecule has 1 aliphatic heterocycles. The molecule has 1 heterocycles. The quantitative estimate of drug-likeness (QED) is 0.843. The monoisotopic (exact) mass is 342 g/mol. The summed E-state index contributed by atoms with van der Waals surface area (Å²) in [6, 6.07) is 15.1. The number of anilines is 1. The maximum atomic E-state index is 10.2. The molecule has 0 spiro atoms. The number of nitrogens with zero attached hydrogens (tertiary/aromatic N) is 2. The van der Waals surface area contributed by atoms with Crippen LogP contribution in [-0.4, -0.2) is 60.5 Å². The Morgan fingerprint density at radius 1 is 1.04 bits per heavy atom. The number of β-amino-alcohol motifs (C(OH)–C–C–N with tert-alkyl or cyclic N) is 1. The van der Waals surface area contributed by atoms with Crippen LogP contribution in [0.1, 0.15) is 5.56 Å². The summed E-state index contributed by atoms with van der Waals surface area (Å²) in [5.41, 5.74) is 2.55. The van der Waals surface area contributed by atoms with Gasteiger partial charge >= 0.3 is 0 Å². The van der Waals surface area contributed by atoms with E-state index in [1.807, 2.05) is 0 Å². The van der Waals surface area contributed by atoms with Gasteiger partial charge in [0.15, 0.2) is 0 Å². The van der Waals surface area contributed by atoms with Crippen molar-refractivity contribution in [1.82, 2.24) is 4.90 Å². The van der Waals surface area contributed by atoms with Crippen molar-refractivity contribution < 1.29 is 14.9 Å². The number of hydrogen-bond acceptors (Lipinski definition) is 5. The molecule has 3 rings (SSSR count). The van der Waals surface area contributed by atoms with Crippen molar-refractivity contribution in [2.45, 2.75) is 13.0 Å². The third-order valence-electron chi connectivity index (χ3n) is 4.49. The molecule has 1 fully saturated rings. The van der Waals surface area contributed by atoms with Crippen LogP contribution in [0.3, 0.4) is 0 Å². The Kier molecular flexibility index (Phi) is 5.79. The van der Waals surface area contributed by atoms with E-state index in [9.17, 15) is 10.2 Å². The van der Waals surface area contributed by atoms with Gasteiger partial charge in [0.05, 0.1) is 0 Å². The SMILES string of the molecule is Cc1cccc(N2CCN(C[C@@H](O)COc3ccc(O)cc3)CC2)c1. The van der Waals surface area contributed by atoms with Crippen molar-refractivity contribution in [2.24, 2.45) is 0 Å². The number of phenolic OH excluding ortho intramolecular Hbond substituents is 1. The summed E-state index contributed by atoms with van der Waals surface area (Å²) in [4.78, 5) is 4.67. The minimum atomic E-state index is -0.528. The largest absolute Gasteiger partial charge is 0.508 e. The molecule has 1 aliphatic rings. The maximum Gasteiger partial charge on any atom is 0.119 e. The van der Waals surface area contributed by atoms with E-state index in [4.69, 9.17) is 4.74 Å². The van der Waals surface area contributed by atoms with Crippen LogP contribution < -0.4 is 9.64 Å². The zero-order valence-corrected chi connectivity index (χ0v) is 14.6. The molecule has 0 unspecified atom stereocenters. The average Bonchev–Trinajstić information content (AvgIpc) is 2.62. The summed E-state index contributed by atoms with van der Waals surface area (Å²) in [6.07, 6.45) is -0.528. The van der Waals surface area contributed by atoms with Crippen LogP contribution in [0.25, 0.3) is 0 Å². The molecule has 2 aromatic rings. The van der Waals surface area contributed by atoms with Gasteiger partial charge in [-0.3, -0.25) is 4.90 Å². The molecule has 0 saturated carbocycles. The molecular weight excluding hydrogens is 316 g/mol. The summed E-state index contributed by atoms with van der Waals surface area (Å²) in [5, 5.41) is 19.5. The Bertz CT molecular complexity index is 667. The van der Waals surface area contributed by atoms with Crippen molar-refractivity contribution in [3.8, 4) is 11.5 Å². The van der Waals surface area contributed by atoms with E-state index in [1.54, 1.807) is 24.3 Å². The normalized spacial score (nSPS) is 16.6. The summed E-state index contributed by atoms with van der Waals surface area (Å²) in [7, 11) is 0. The highest BCUT2D eigenvalue weighted by Crippen LogP contribution is 2.18. The molecule has 1 atom stereocenters. The highest BCUT2D eigenvalue weighted by molar-refractivity contribution is 5.48. The lowest BCUT2D eigenvalue weighted by Gasteiger charge is -2.37. The molecule has 0 radical (unpaired) electrons. The summed E-state index contributed by atoms with van der Waals surface area (Å²) < 4.78 is 5.57. The van der Waals surface area contributed by atoms with E-state index in [2.05, 4.69) is 41.0 Å². The molecule has 1 saturated heterocycles. The van der Waals surface area contributed by atoms with E-state index in [0.29, 0.717) is 12.3 Å². The fraction of sp³-hybridized carbons (Fsp3) is 0.400. The molecular formula is C20H26N2O3. The van der Waals surface area contributed by atoms with Gasteiger partial charge in [-0.2, -0.15) is 0 Å². The Morgan fingerprint density at radius 3 is 2.44 bits per heavy atom. The number of hydrogen-bond donors (Lipinski definition) is 2. The number of benzene rings is 2. The standard InChI is InChI=1S/C20H26N2O3/c1-16-3-2-4-17(13-16)22-11-9-21(10-12-22)14-19(24)15-25-20-7-5-18(23)6-8-20/h2-8,13,19,23-24H,9-12,14-15H2,1H3/t19-/m1/s1. The first kappa shape index (κ1) is 17.6. The Morgan fingerprint density at radius 2 is 1.76 bits per heavy atom. The van der Waals surface area contributed by atoms with Crippen LogP contribution in [0, 0.1) is 6.92 Å². The second-order valence-corrected chi connectivity index (χ2v) is 6.59. The average molecular weight is 342 g/mol. The number of phenols is 1. The van der Waals surface area contributed by atoms with Crippen molar-refractivity contribution in [1.29, 1.82) is 0 Å². The second-order valence-electron chi connectivity index (χ2n) is 6.59. The summed E-state index contributed by atoms with van der Waals surface area (Å²) in [5.74, 6) is 0.862. The third kappa shape index (κ3) is 5.11. The predicted octanol–water partition coefficient (Wildman–Crippen LogP) is 2.26. The van der Waals surface area contributed by atoms with Crippen LogP contribution in [0.2, 0.25) is 0 Å². The van der Waals surface area contributed by atoms with Gasteiger partial charge in [-0.05, 0) is 48.9 Å². The van der Waals surface area contributed by atoms with Gasteiger partial charge in [0, 0.05) is 38.4 Å². The minimum Gasteiger partial charge on any atom is -0.508 e. The molecule has 0 aromatic heterocycles. The van der Waals surface area contributed by atoms with Crippen molar-refractivity contribution in [3.05, 3.63) is 54.1 Å². The van der Waals surface area contributed by atoms with Crippen molar-refractivity contribution >= 4 is 5.69 Å². The zero-order valence-electron chi connectivity index (χ0n) is 14.6. The van der Waals surface area contributed by atoms with Gasteiger partial charge in [-0.1, -0.05) is 12.1 Å². The van der Waals surface area contributed by atoms with Gasteiger partial charge in [0.25, 0.3) is 0 Å². The molecule has 0 amide bonds. The van der Waals surface area contributed by atoms with Gasteiger partial charge in [0.1, 0.15) is 24.2 Å². The number of aliphatic hydroxyl groups is 1. The Hall–Kier alpha value is -2.24. The van der Waals surface area contributed by atoms with Gasteiger partial charge in [0.2, 0.25) is 0 Å². The lowest BCUT2D eigenvalue weighted by molar-refractivity contribution is 0.0663. The van der Waals surface area contributed by atoms with Gasteiger partial charge in [-0.15, -0.1) is 0 Å². The smallest absolute Gasteiger partial charge is 0.119 e. The van der Waals surface area contributed by atoms with E-state index in [1.165, 1.54) is 11.3 Å². The van der Waals surface area contributed by atoms with Crippen LogP contribution >= 0.6 is 0 Å². The number of piperazine rings is 1. The lowest BCUT2D eigenvalue weighted by atomic mass is 10.2. The molecule has 134 valence electrons. The molecule has 0 aliphatic carbocycles. The highest BCUT2D eigenvalue weighted by Gasteiger charge is 2.19. The van der Waals surface area contributed by atoms with Crippen LogP contribution in [0.5, 0.6) is 11.5 Å². The van der Waals surface area contributed by atoms with Crippen LogP contribution in [-0.2, 0) is 0 Å². The zero-order chi connectivity index (χ0) is 17.6. The van der Waals surface area contributed by atoms with E-state index < -0.39 is 6.10 Å². The topological polar surface area (TPSA) is 56.2 Å². The van der Waals surface area contributed by atoms with Gasteiger partial charge in [-0.25, -0.2) is 0 Å². The number of aromatic hydroxyl groups is 1. The highest BCUT2D eigenvalue weighted by atomic mass is 16.5. The van der Waals surface area contributed by atoms with E-state index in [0.717, 1.165) is 26.2 Å². The first-order valence-corrected chi connectivity index (χ1v) is 8.74. The number of aryl methyl sites for hydroxylation is 1. The molecule has 5 heteroatoms. The second kappa shape index (κ2) is 8.23. The summed E-state index contributed by atoms with van der Waals surface area (Å²) in [6.45, 7) is 6.78. The molecule has 2 N–H and O–H groups in total. The Balaban J connectivity index is 1.41. The maximum absolute atomic E-state index is 10.2. The van der Waals surface area contributed by atoms with Gasteiger partial charge < -0.3 is 19.8 Å². The molecule has 5 nitrogen and oxygen atoms in total. The molecule has 25 heavy (non-hydrogen) atoms. The van der Waals surface area contributed by atoms with Crippen LogP contribution in [0.15, 0.2) is 48.5 Å². The number of rotatable bonds is 6. The molecule has 0 bridgehead atoms. The fourth-order valence-electron chi connectivity index (χ4n) is 3.10. The first-order valence-electron chi connectivity index (χ1n) is 8.74. The lowest BCUT2D eigenvalue weighted by Crippen LogP contribution is -2.49.